The number of benzene rings is 1. The Labute approximate surface area is 142 Å². The highest BCUT2D eigenvalue weighted by Crippen LogP contribution is 2.22. The molecule has 1 saturated carbocycles. The molecular weight excluding hydrogens is 302 g/mol. The van der Waals surface area contributed by atoms with E-state index >= 15 is 0 Å². The first-order chi connectivity index (χ1) is 11.7. The van der Waals surface area contributed by atoms with Gasteiger partial charge in [0.1, 0.15) is 5.75 Å². The zero-order valence-electron chi connectivity index (χ0n) is 14.2. The van der Waals surface area contributed by atoms with Crippen LogP contribution in [0.4, 0.5) is 0 Å². The Morgan fingerprint density at radius 2 is 1.92 bits per heavy atom. The highest BCUT2D eigenvalue weighted by Gasteiger charge is 2.18. The molecule has 1 N–H and O–H groups in total. The van der Waals surface area contributed by atoms with Crippen molar-refractivity contribution in [1.82, 2.24) is 15.1 Å². The molecule has 128 valence electrons. The Kier molecular flexibility index (Phi) is 5.64. The van der Waals surface area contributed by atoms with Crippen molar-refractivity contribution < 1.29 is 4.74 Å². The molecule has 0 atom stereocenters. The van der Waals surface area contributed by atoms with E-state index < -0.39 is 0 Å². The molecule has 0 amide bonds. The van der Waals surface area contributed by atoms with Gasteiger partial charge < -0.3 is 9.64 Å². The lowest BCUT2D eigenvalue weighted by molar-refractivity contribution is 0.216. The first-order valence-electron chi connectivity index (χ1n) is 8.71. The van der Waals surface area contributed by atoms with E-state index in [1.807, 2.05) is 24.3 Å². The summed E-state index contributed by atoms with van der Waals surface area (Å²) in [6.07, 6.45) is 6.48. The average molecular weight is 327 g/mol. The molecule has 0 aliphatic heterocycles. The third kappa shape index (κ3) is 4.45. The third-order valence-electron chi connectivity index (χ3n) is 4.70. The number of nitrogens with one attached hydrogen (secondary N) is 1. The summed E-state index contributed by atoms with van der Waals surface area (Å²) in [6, 6.07) is 11.8. The molecule has 1 aliphatic rings. The number of hydrogen-bond donors (Lipinski definition) is 1. The molecule has 1 aromatic heterocycles. The number of rotatable bonds is 7. The van der Waals surface area contributed by atoms with Crippen LogP contribution in [0.5, 0.6) is 5.75 Å². The Morgan fingerprint density at radius 3 is 2.58 bits per heavy atom. The van der Waals surface area contributed by atoms with E-state index in [2.05, 4.69) is 22.1 Å². The zero-order chi connectivity index (χ0) is 16.8. The maximum atomic E-state index is 11.0. The van der Waals surface area contributed by atoms with Crippen molar-refractivity contribution in [2.24, 2.45) is 0 Å². The van der Waals surface area contributed by atoms with Gasteiger partial charge in [0.25, 0.3) is 5.56 Å². The zero-order valence-corrected chi connectivity index (χ0v) is 14.2. The van der Waals surface area contributed by atoms with Crippen LogP contribution >= 0.6 is 0 Å². The first-order valence-corrected chi connectivity index (χ1v) is 8.71. The van der Waals surface area contributed by atoms with Gasteiger partial charge in [-0.3, -0.25) is 4.79 Å². The van der Waals surface area contributed by atoms with E-state index in [1.165, 1.54) is 31.7 Å². The van der Waals surface area contributed by atoms with Gasteiger partial charge in [0.2, 0.25) is 0 Å². The Hall–Kier alpha value is -2.14. The summed E-state index contributed by atoms with van der Waals surface area (Å²) in [5.74, 6) is 0.867. The smallest absolute Gasteiger partial charge is 0.264 e. The molecule has 1 heterocycles. The summed E-state index contributed by atoms with van der Waals surface area (Å²) >= 11 is 0. The van der Waals surface area contributed by atoms with Crippen LogP contribution in [0.25, 0.3) is 11.3 Å². The number of aromatic nitrogens is 2. The van der Waals surface area contributed by atoms with E-state index in [9.17, 15) is 4.79 Å². The second-order valence-corrected chi connectivity index (χ2v) is 6.45. The first kappa shape index (κ1) is 16.7. The van der Waals surface area contributed by atoms with Crippen LogP contribution in [0.15, 0.2) is 41.2 Å². The van der Waals surface area contributed by atoms with E-state index in [-0.39, 0.29) is 5.56 Å². The third-order valence-corrected chi connectivity index (χ3v) is 4.70. The number of ether oxygens (including phenoxy) is 1. The lowest BCUT2D eigenvalue weighted by Gasteiger charge is -2.23. The molecule has 0 spiro atoms. The standard InChI is InChI=1S/C19H25N3O2/c1-22(16-5-2-3-6-16)13-4-14-24-17-9-7-15(8-10-17)18-11-12-19(23)21-20-18/h7-12,16H,2-6,13-14H2,1H3,(H,21,23). The van der Waals surface area contributed by atoms with Gasteiger partial charge in [-0.1, -0.05) is 12.8 Å². The molecule has 0 bridgehead atoms. The topological polar surface area (TPSA) is 58.2 Å². The lowest BCUT2D eigenvalue weighted by atomic mass is 10.1. The summed E-state index contributed by atoms with van der Waals surface area (Å²) < 4.78 is 5.82. The predicted octanol–water partition coefficient (Wildman–Crippen LogP) is 3.08. The molecule has 5 nitrogen and oxygen atoms in total. The Bertz CT molecular complexity index is 670. The molecular formula is C19H25N3O2. The molecule has 1 aliphatic carbocycles. The van der Waals surface area contributed by atoms with Gasteiger partial charge in [-0.2, -0.15) is 5.10 Å². The Morgan fingerprint density at radius 1 is 1.17 bits per heavy atom. The number of hydrogen-bond acceptors (Lipinski definition) is 4. The van der Waals surface area contributed by atoms with Crippen LogP contribution < -0.4 is 10.3 Å². The minimum absolute atomic E-state index is 0.193. The maximum Gasteiger partial charge on any atom is 0.264 e. The number of nitrogens with zero attached hydrogens (tertiary/aromatic N) is 2. The van der Waals surface area contributed by atoms with Crippen molar-refractivity contribution in [3.8, 4) is 17.0 Å². The normalized spacial score (nSPS) is 15.1. The minimum Gasteiger partial charge on any atom is -0.494 e. The fraction of sp³-hybridized carbons (Fsp3) is 0.474. The van der Waals surface area contributed by atoms with Crippen LogP contribution in [0.3, 0.4) is 0 Å². The van der Waals surface area contributed by atoms with Gasteiger partial charge in [0, 0.05) is 24.2 Å². The summed E-state index contributed by atoms with van der Waals surface area (Å²) in [7, 11) is 2.22. The monoisotopic (exact) mass is 327 g/mol. The van der Waals surface area contributed by atoms with Gasteiger partial charge in [-0.15, -0.1) is 0 Å². The largest absolute Gasteiger partial charge is 0.494 e. The molecule has 0 unspecified atom stereocenters. The van der Waals surface area contributed by atoms with Crippen LogP contribution in [0.1, 0.15) is 32.1 Å². The van der Waals surface area contributed by atoms with Crippen molar-refractivity contribution in [2.45, 2.75) is 38.1 Å². The SMILES string of the molecule is CN(CCCOc1ccc(-c2ccc(=O)[nH]n2)cc1)C1CCCC1. The summed E-state index contributed by atoms with van der Waals surface area (Å²) in [5.41, 5.74) is 1.51. The lowest BCUT2D eigenvalue weighted by Crippen LogP contribution is -2.30. The molecule has 1 aromatic carbocycles. The van der Waals surface area contributed by atoms with Crippen molar-refractivity contribution in [2.75, 3.05) is 20.2 Å². The number of aromatic amines is 1. The fourth-order valence-electron chi connectivity index (χ4n) is 3.26. The highest BCUT2D eigenvalue weighted by molar-refractivity contribution is 5.59. The summed E-state index contributed by atoms with van der Waals surface area (Å²) in [5, 5.41) is 6.47. The highest BCUT2D eigenvalue weighted by atomic mass is 16.5. The van der Waals surface area contributed by atoms with Crippen LogP contribution in [-0.4, -0.2) is 41.3 Å². The van der Waals surface area contributed by atoms with Gasteiger partial charge in [-0.25, -0.2) is 5.10 Å². The Balaban J connectivity index is 1.44. The van der Waals surface area contributed by atoms with Crippen molar-refractivity contribution in [3.63, 3.8) is 0 Å². The van der Waals surface area contributed by atoms with E-state index in [1.54, 1.807) is 6.07 Å². The van der Waals surface area contributed by atoms with E-state index in [0.717, 1.165) is 42.6 Å². The second-order valence-electron chi connectivity index (χ2n) is 6.45. The van der Waals surface area contributed by atoms with Crippen LogP contribution in [0.2, 0.25) is 0 Å². The maximum absolute atomic E-state index is 11.0. The van der Waals surface area contributed by atoms with Gasteiger partial charge in [0.15, 0.2) is 0 Å². The molecule has 0 saturated heterocycles. The molecule has 2 aromatic rings. The van der Waals surface area contributed by atoms with Gasteiger partial charge in [-0.05, 0) is 56.6 Å². The second kappa shape index (κ2) is 8.11. The average Bonchev–Trinajstić information content (AvgIpc) is 3.15. The summed E-state index contributed by atoms with van der Waals surface area (Å²) in [4.78, 5) is 13.5. The minimum atomic E-state index is -0.193. The summed E-state index contributed by atoms with van der Waals surface area (Å²) in [6.45, 7) is 1.82. The van der Waals surface area contributed by atoms with Crippen LogP contribution in [0, 0.1) is 0 Å². The van der Waals surface area contributed by atoms with E-state index in [4.69, 9.17) is 4.74 Å². The predicted molar refractivity (Wildman–Crippen MR) is 95.3 cm³/mol. The molecule has 24 heavy (non-hydrogen) atoms. The molecule has 1 fully saturated rings. The van der Waals surface area contributed by atoms with Crippen molar-refractivity contribution >= 4 is 0 Å². The van der Waals surface area contributed by atoms with Gasteiger partial charge >= 0.3 is 0 Å². The molecule has 0 radical (unpaired) electrons. The quantitative estimate of drug-likeness (QED) is 0.794. The van der Waals surface area contributed by atoms with Gasteiger partial charge in [0.05, 0.1) is 12.3 Å². The van der Waals surface area contributed by atoms with Crippen LogP contribution in [-0.2, 0) is 0 Å². The fourth-order valence-corrected chi connectivity index (χ4v) is 3.26. The van der Waals surface area contributed by atoms with E-state index in [0.29, 0.717) is 0 Å². The number of H-pyrrole nitrogens is 1. The molecule has 3 rings (SSSR count). The van der Waals surface area contributed by atoms with Crippen molar-refractivity contribution in [3.05, 3.63) is 46.8 Å². The van der Waals surface area contributed by atoms with Crippen molar-refractivity contribution in [1.29, 1.82) is 0 Å². The molecule has 5 heteroatoms.